The second kappa shape index (κ2) is 6.12. The van der Waals surface area contributed by atoms with E-state index in [0.29, 0.717) is 31.2 Å². The third kappa shape index (κ3) is 3.90. The lowest BCUT2D eigenvalue weighted by atomic mass is 9.93. The molecule has 7 nitrogen and oxygen atoms in total. The molecule has 1 N–H and O–H groups in total. The van der Waals surface area contributed by atoms with Crippen LogP contribution in [0.2, 0.25) is 0 Å². The Bertz CT molecular complexity index is 444. The molecule has 1 aliphatic carbocycles. The first-order chi connectivity index (χ1) is 9.15. The molecule has 1 saturated carbocycles. The van der Waals surface area contributed by atoms with Crippen molar-refractivity contribution in [2.24, 2.45) is 0 Å². The summed E-state index contributed by atoms with van der Waals surface area (Å²) in [5.74, 6) is -0.138. The van der Waals surface area contributed by atoms with E-state index in [2.05, 4.69) is 15.1 Å². The van der Waals surface area contributed by atoms with Crippen LogP contribution >= 0.6 is 0 Å². The van der Waals surface area contributed by atoms with Gasteiger partial charge in [0.25, 0.3) is 11.0 Å². The molecule has 0 unspecified atom stereocenters. The fraction of sp³-hybridized carbons (Fsp3) is 0.500. The van der Waals surface area contributed by atoms with Crippen LogP contribution in [0.3, 0.4) is 0 Å². The Hall–Kier alpha value is -2.18. The highest BCUT2D eigenvalue weighted by Crippen LogP contribution is 2.21. The van der Waals surface area contributed by atoms with Gasteiger partial charge >= 0.3 is 0 Å². The Balaban J connectivity index is 1.80. The lowest BCUT2D eigenvalue weighted by molar-refractivity contribution is -0.769. The van der Waals surface area contributed by atoms with Crippen molar-refractivity contribution in [1.82, 2.24) is 10.3 Å². The van der Waals surface area contributed by atoms with Crippen molar-refractivity contribution in [3.05, 3.63) is 40.2 Å². The van der Waals surface area contributed by atoms with E-state index in [1.54, 1.807) is 24.5 Å². The third-order valence-corrected chi connectivity index (χ3v) is 3.19. The van der Waals surface area contributed by atoms with Crippen LogP contribution < -0.4 is 5.32 Å². The first-order valence-electron chi connectivity index (χ1n) is 6.17. The van der Waals surface area contributed by atoms with Crippen LogP contribution in [0, 0.1) is 10.1 Å². The second-order valence-corrected chi connectivity index (χ2v) is 4.51. The number of pyridine rings is 1. The minimum atomic E-state index is -0.749. The molecule has 7 heteroatoms. The SMILES string of the molecule is O=C(N[C@H]1CC[C@H](O[N+](=O)[O-])CC1)c1ccncc1. The van der Waals surface area contributed by atoms with E-state index in [-0.39, 0.29) is 18.1 Å². The smallest absolute Gasteiger partial charge is 0.294 e. The zero-order valence-electron chi connectivity index (χ0n) is 10.3. The summed E-state index contributed by atoms with van der Waals surface area (Å²) >= 11 is 0. The molecule has 19 heavy (non-hydrogen) atoms. The van der Waals surface area contributed by atoms with Gasteiger partial charge in [-0.25, -0.2) is 0 Å². The molecule has 1 aromatic heterocycles. The van der Waals surface area contributed by atoms with Gasteiger partial charge < -0.3 is 10.2 Å². The Morgan fingerprint density at radius 2 is 1.95 bits per heavy atom. The molecule has 1 amide bonds. The van der Waals surface area contributed by atoms with Crippen LogP contribution in [0.15, 0.2) is 24.5 Å². The molecule has 0 bridgehead atoms. The largest absolute Gasteiger partial charge is 0.349 e. The molecule has 0 atom stereocenters. The molecule has 1 fully saturated rings. The lowest BCUT2D eigenvalue weighted by Crippen LogP contribution is -2.39. The molecule has 0 aromatic carbocycles. The van der Waals surface area contributed by atoms with Gasteiger partial charge in [-0.2, -0.15) is 0 Å². The van der Waals surface area contributed by atoms with Crippen molar-refractivity contribution in [3.8, 4) is 0 Å². The van der Waals surface area contributed by atoms with Gasteiger partial charge in [0, 0.05) is 24.0 Å². The normalized spacial score (nSPS) is 22.5. The second-order valence-electron chi connectivity index (χ2n) is 4.51. The van der Waals surface area contributed by atoms with E-state index in [9.17, 15) is 14.9 Å². The first-order valence-corrected chi connectivity index (χ1v) is 6.17. The fourth-order valence-electron chi connectivity index (χ4n) is 2.21. The molecule has 1 heterocycles. The van der Waals surface area contributed by atoms with Gasteiger partial charge in [0.05, 0.1) is 0 Å². The van der Waals surface area contributed by atoms with Gasteiger partial charge in [0.1, 0.15) is 6.10 Å². The van der Waals surface area contributed by atoms with Crippen LogP contribution in [0.25, 0.3) is 0 Å². The van der Waals surface area contributed by atoms with E-state index in [1.165, 1.54) is 0 Å². The zero-order chi connectivity index (χ0) is 13.7. The number of carbonyl (C=O) groups excluding carboxylic acids is 1. The summed E-state index contributed by atoms with van der Waals surface area (Å²) in [4.78, 5) is 30.5. The molecule has 2 rings (SSSR count). The average Bonchev–Trinajstić information content (AvgIpc) is 2.41. The monoisotopic (exact) mass is 265 g/mol. The maximum atomic E-state index is 11.9. The molecule has 0 saturated heterocycles. The van der Waals surface area contributed by atoms with Crippen LogP contribution in [0.4, 0.5) is 0 Å². The third-order valence-electron chi connectivity index (χ3n) is 3.19. The average molecular weight is 265 g/mol. The molecule has 0 aliphatic heterocycles. The molecule has 102 valence electrons. The topological polar surface area (TPSA) is 94.4 Å². The van der Waals surface area contributed by atoms with Crippen molar-refractivity contribution in [2.45, 2.75) is 37.8 Å². The number of amides is 1. The molecule has 1 aliphatic rings. The highest BCUT2D eigenvalue weighted by molar-refractivity contribution is 5.94. The first kappa shape index (κ1) is 13.3. The number of aromatic nitrogens is 1. The van der Waals surface area contributed by atoms with Crippen molar-refractivity contribution in [1.29, 1.82) is 0 Å². The summed E-state index contributed by atoms with van der Waals surface area (Å²) in [6.07, 6.45) is 5.34. The summed E-state index contributed by atoms with van der Waals surface area (Å²) in [7, 11) is 0. The van der Waals surface area contributed by atoms with E-state index in [1.807, 2.05) is 0 Å². The van der Waals surface area contributed by atoms with Gasteiger partial charge in [0.15, 0.2) is 0 Å². The van der Waals surface area contributed by atoms with E-state index in [0.717, 1.165) is 0 Å². The molecular formula is C12H15N3O4. The number of nitrogens with one attached hydrogen (secondary N) is 1. The van der Waals surface area contributed by atoms with Crippen molar-refractivity contribution >= 4 is 5.91 Å². The summed E-state index contributed by atoms with van der Waals surface area (Å²) in [6, 6.07) is 3.35. The van der Waals surface area contributed by atoms with Crippen LogP contribution in [-0.2, 0) is 4.84 Å². The number of rotatable bonds is 4. The van der Waals surface area contributed by atoms with Crippen LogP contribution in [-0.4, -0.2) is 28.1 Å². The maximum Gasteiger partial charge on any atom is 0.294 e. The number of carbonyl (C=O) groups is 1. The summed E-state index contributed by atoms with van der Waals surface area (Å²) in [5.41, 5.74) is 0.568. The maximum absolute atomic E-state index is 11.9. The predicted octanol–water partition coefficient (Wildman–Crippen LogP) is 1.33. The lowest BCUT2D eigenvalue weighted by Gasteiger charge is -2.27. The minimum Gasteiger partial charge on any atom is -0.349 e. The standard InChI is InChI=1S/C12H15N3O4/c16-12(9-5-7-13-8-6-9)14-10-1-3-11(4-2-10)19-15(17)18/h5-8,10-11H,1-4H2,(H,14,16)/t10-,11-. The van der Waals surface area contributed by atoms with Crippen molar-refractivity contribution in [2.75, 3.05) is 0 Å². The molecule has 1 aromatic rings. The van der Waals surface area contributed by atoms with E-state index >= 15 is 0 Å². The molecular weight excluding hydrogens is 250 g/mol. The Morgan fingerprint density at radius 1 is 1.32 bits per heavy atom. The van der Waals surface area contributed by atoms with Gasteiger partial charge in [-0.15, -0.1) is 10.1 Å². The molecule has 0 spiro atoms. The molecule has 0 radical (unpaired) electrons. The van der Waals surface area contributed by atoms with Crippen LogP contribution in [0.1, 0.15) is 36.0 Å². The number of nitrogens with zero attached hydrogens (tertiary/aromatic N) is 2. The number of hydrogen-bond acceptors (Lipinski definition) is 5. The summed E-state index contributed by atoms with van der Waals surface area (Å²) in [6.45, 7) is 0. The number of hydrogen-bond donors (Lipinski definition) is 1. The zero-order valence-corrected chi connectivity index (χ0v) is 10.3. The summed E-state index contributed by atoms with van der Waals surface area (Å²) < 4.78 is 0. The van der Waals surface area contributed by atoms with Crippen molar-refractivity contribution < 1.29 is 14.7 Å². The Kier molecular flexibility index (Phi) is 4.27. The summed E-state index contributed by atoms with van der Waals surface area (Å²) in [5, 5.41) is 12.4. The minimum absolute atomic E-state index is 0.0484. The fourth-order valence-corrected chi connectivity index (χ4v) is 2.21. The Morgan fingerprint density at radius 3 is 2.53 bits per heavy atom. The highest BCUT2D eigenvalue weighted by Gasteiger charge is 2.24. The highest BCUT2D eigenvalue weighted by atomic mass is 17.0. The van der Waals surface area contributed by atoms with Crippen molar-refractivity contribution in [3.63, 3.8) is 0 Å². The van der Waals surface area contributed by atoms with Gasteiger partial charge in [-0.3, -0.25) is 9.78 Å². The van der Waals surface area contributed by atoms with E-state index < -0.39 is 5.09 Å². The predicted molar refractivity (Wildman–Crippen MR) is 65.8 cm³/mol. The van der Waals surface area contributed by atoms with Gasteiger partial charge in [-0.1, -0.05) is 0 Å². The Labute approximate surface area is 110 Å². The van der Waals surface area contributed by atoms with Gasteiger partial charge in [-0.05, 0) is 37.8 Å². The van der Waals surface area contributed by atoms with E-state index in [4.69, 9.17) is 0 Å². The van der Waals surface area contributed by atoms with Crippen LogP contribution in [0.5, 0.6) is 0 Å². The quantitative estimate of drug-likeness (QED) is 0.654. The van der Waals surface area contributed by atoms with Gasteiger partial charge in [0.2, 0.25) is 0 Å².